The summed E-state index contributed by atoms with van der Waals surface area (Å²) in [5.41, 5.74) is 2.54. The standard InChI is InChI=1S/C17H21N3OS/c1-2-6-16-14(5-1)19-17(22-16)12-20-8-9-21-15(11-20)13-4-3-7-18-10-13/h3-4,7,10,15H,1-2,5-6,8-9,11-12H2/t15-/m0/s1. The molecule has 1 saturated heterocycles. The predicted octanol–water partition coefficient (Wildman–Crippen LogP) is 2.99. The molecule has 1 aliphatic carbocycles. The van der Waals surface area contributed by atoms with Crippen LogP contribution in [-0.4, -0.2) is 34.6 Å². The number of ether oxygens (including phenoxy) is 1. The molecule has 0 spiro atoms. The van der Waals surface area contributed by atoms with E-state index in [-0.39, 0.29) is 6.10 Å². The fraction of sp³-hybridized carbons (Fsp3) is 0.529. The number of thiazole rings is 1. The SMILES string of the molecule is c1cncc([C@@H]2CN(Cc3nc4c(s3)CCCC4)CCO2)c1. The van der Waals surface area contributed by atoms with Gasteiger partial charge in [-0.1, -0.05) is 6.07 Å². The molecule has 0 N–H and O–H groups in total. The van der Waals surface area contributed by atoms with Crippen LogP contribution in [-0.2, 0) is 24.1 Å². The lowest BCUT2D eigenvalue weighted by Gasteiger charge is -2.32. The van der Waals surface area contributed by atoms with E-state index in [0.29, 0.717) is 0 Å². The molecule has 4 rings (SSSR count). The van der Waals surface area contributed by atoms with Crippen molar-refractivity contribution < 1.29 is 4.74 Å². The maximum absolute atomic E-state index is 5.91. The molecule has 5 heteroatoms. The summed E-state index contributed by atoms with van der Waals surface area (Å²) in [6.07, 6.45) is 8.89. The van der Waals surface area contributed by atoms with Crippen molar-refractivity contribution in [3.63, 3.8) is 0 Å². The fourth-order valence-corrected chi connectivity index (χ4v) is 4.48. The molecule has 0 bridgehead atoms. The quantitative estimate of drug-likeness (QED) is 0.873. The van der Waals surface area contributed by atoms with Gasteiger partial charge in [-0.15, -0.1) is 11.3 Å². The minimum Gasteiger partial charge on any atom is -0.371 e. The minimum atomic E-state index is 0.136. The summed E-state index contributed by atoms with van der Waals surface area (Å²) in [7, 11) is 0. The van der Waals surface area contributed by atoms with Gasteiger partial charge in [-0.25, -0.2) is 4.98 Å². The number of hydrogen-bond donors (Lipinski definition) is 0. The highest BCUT2D eigenvalue weighted by Crippen LogP contribution is 2.28. The lowest BCUT2D eigenvalue weighted by atomic mass is 10.0. The Morgan fingerprint density at radius 3 is 3.14 bits per heavy atom. The smallest absolute Gasteiger partial charge is 0.107 e. The molecule has 2 aliphatic rings. The highest BCUT2D eigenvalue weighted by Gasteiger charge is 2.24. The van der Waals surface area contributed by atoms with E-state index in [9.17, 15) is 0 Å². The molecule has 4 nitrogen and oxygen atoms in total. The van der Waals surface area contributed by atoms with Gasteiger partial charge in [-0.2, -0.15) is 0 Å². The molecule has 3 heterocycles. The molecule has 1 atom stereocenters. The first-order valence-corrected chi connectivity index (χ1v) is 8.91. The lowest BCUT2D eigenvalue weighted by molar-refractivity contribution is -0.0331. The highest BCUT2D eigenvalue weighted by atomic mass is 32.1. The third-order valence-electron chi connectivity index (χ3n) is 4.46. The average molecular weight is 315 g/mol. The third kappa shape index (κ3) is 3.07. The molecular weight excluding hydrogens is 294 g/mol. The van der Waals surface area contributed by atoms with Crippen LogP contribution in [0.25, 0.3) is 0 Å². The molecule has 0 saturated carbocycles. The van der Waals surface area contributed by atoms with Crippen LogP contribution >= 0.6 is 11.3 Å². The predicted molar refractivity (Wildman–Crippen MR) is 87.0 cm³/mol. The Labute approximate surface area is 135 Å². The first-order chi connectivity index (χ1) is 10.9. The van der Waals surface area contributed by atoms with Crippen LogP contribution in [0, 0.1) is 0 Å². The normalized spacial score (nSPS) is 22.5. The summed E-state index contributed by atoms with van der Waals surface area (Å²) in [5.74, 6) is 0. The zero-order chi connectivity index (χ0) is 14.8. The van der Waals surface area contributed by atoms with E-state index in [1.807, 2.05) is 29.8 Å². The zero-order valence-electron chi connectivity index (χ0n) is 12.7. The van der Waals surface area contributed by atoms with Crippen LogP contribution in [0.15, 0.2) is 24.5 Å². The van der Waals surface area contributed by atoms with Crippen LogP contribution in [0.3, 0.4) is 0 Å². The van der Waals surface area contributed by atoms with Gasteiger partial charge in [0.15, 0.2) is 0 Å². The summed E-state index contributed by atoms with van der Waals surface area (Å²) < 4.78 is 5.91. The zero-order valence-corrected chi connectivity index (χ0v) is 13.5. The van der Waals surface area contributed by atoms with Crippen molar-refractivity contribution >= 4 is 11.3 Å². The van der Waals surface area contributed by atoms with Crippen molar-refractivity contribution in [2.24, 2.45) is 0 Å². The Morgan fingerprint density at radius 1 is 1.32 bits per heavy atom. The largest absolute Gasteiger partial charge is 0.371 e. The molecule has 116 valence electrons. The third-order valence-corrected chi connectivity index (χ3v) is 5.60. The molecule has 0 amide bonds. The number of morpholine rings is 1. The summed E-state index contributed by atoms with van der Waals surface area (Å²) in [6.45, 7) is 3.65. The summed E-state index contributed by atoms with van der Waals surface area (Å²) in [4.78, 5) is 13.1. The molecule has 1 fully saturated rings. The van der Waals surface area contributed by atoms with E-state index in [4.69, 9.17) is 9.72 Å². The van der Waals surface area contributed by atoms with Crippen molar-refractivity contribution in [1.82, 2.24) is 14.9 Å². The van der Waals surface area contributed by atoms with E-state index in [0.717, 1.165) is 26.2 Å². The van der Waals surface area contributed by atoms with Gasteiger partial charge in [0.25, 0.3) is 0 Å². The molecule has 1 aliphatic heterocycles. The number of rotatable bonds is 3. The second kappa shape index (κ2) is 6.44. The Morgan fingerprint density at radius 2 is 2.27 bits per heavy atom. The van der Waals surface area contributed by atoms with Gasteiger partial charge < -0.3 is 4.74 Å². The van der Waals surface area contributed by atoms with Crippen LogP contribution in [0.4, 0.5) is 0 Å². The van der Waals surface area contributed by atoms with Crippen LogP contribution in [0.1, 0.15) is 40.1 Å². The lowest BCUT2D eigenvalue weighted by Crippen LogP contribution is -2.37. The average Bonchev–Trinajstić information content (AvgIpc) is 2.98. The van der Waals surface area contributed by atoms with E-state index in [2.05, 4.69) is 16.0 Å². The van der Waals surface area contributed by atoms with E-state index in [1.54, 1.807) is 0 Å². The number of aryl methyl sites for hydroxylation is 2. The van der Waals surface area contributed by atoms with Gasteiger partial charge >= 0.3 is 0 Å². The molecule has 2 aromatic rings. The topological polar surface area (TPSA) is 38.2 Å². The van der Waals surface area contributed by atoms with Crippen molar-refractivity contribution in [3.8, 4) is 0 Å². The molecule has 0 radical (unpaired) electrons. The fourth-order valence-electron chi connectivity index (χ4n) is 3.28. The minimum absolute atomic E-state index is 0.136. The second-order valence-corrected chi connectivity index (χ2v) is 7.23. The Hall–Kier alpha value is -1.30. The Kier molecular flexibility index (Phi) is 4.19. The van der Waals surface area contributed by atoms with Gasteiger partial charge in [0.1, 0.15) is 5.01 Å². The van der Waals surface area contributed by atoms with E-state index >= 15 is 0 Å². The highest BCUT2D eigenvalue weighted by molar-refractivity contribution is 7.11. The van der Waals surface area contributed by atoms with Crippen molar-refractivity contribution in [3.05, 3.63) is 45.7 Å². The molecular formula is C17H21N3OS. The number of aromatic nitrogens is 2. The van der Waals surface area contributed by atoms with Gasteiger partial charge in [0, 0.05) is 35.9 Å². The number of nitrogens with zero attached hydrogens (tertiary/aromatic N) is 3. The monoisotopic (exact) mass is 315 g/mol. The first kappa shape index (κ1) is 14.3. The number of hydrogen-bond acceptors (Lipinski definition) is 5. The molecule has 0 aromatic carbocycles. The van der Waals surface area contributed by atoms with Gasteiger partial charge in [0.2, 0.25) is 0 Å². The Balaban J connectivity index is 1.43. The van der Waals surface area contributed by atoms with Crippen LogP contribution < -0.4 is 0 Å². The van der Waals surface area contributed by atoms with Gasteiger partial charge in [-0.3, -0.25) is 9.88 Å². The summed E-state index contributed by atoms with van der Waals surface area (Å²) >= 11 is 1.92. The van der Waals surface area contributed by atoms with Crippen molar-refractivity contribution in [1.29, 1.82) is 0 Å². The van der Waals surface area contributed by atoms with Gasteiger partial charge in [0.05, 0.1) is 24.9 Å². The summed E-state index contributed by atoms with van der Waals surface area (Å²) in [6, 6.07) is 4.08. The van der Waals surface area contributed by atoms with Crippen LogP contribution in [0.2, 0.25) is 0 Å². The first-order valence-electron chi connectivity index (χ1n) is 8.10. The molecule has 2 aromatic heterocycles. The van der Waals surface area contributed by atoms with E-state index < -0.39 is 0 Å². The van der Waals surface area contributed by atoms with E-state index in [1.165, 1.54) is 46.8 Å². The maximum atomic E-state index is 5.91. The van der Waals surface area contributed by atoms with Crippen molar-refractivity contribution in [2.75, 3.05) is 19.7 Å². The summed E-state index contributed by atoms with van der Waals surface area (Å²) in [5, 5.41) is 1.28. The second-order valence-electron chi connectivity index (χ2n) is 6.07. The number of fused-ring (bicyclic) bond motifs is 1. The van der Waals surface area contributed by atoms with Gasteiger partial charge in [-0.05, 0) is 31.7 Å². The number of pyridine rings is 1. The van der Waals surface area contributed by atoms with Crippen LogP contribution in [0.5, 0.6) is 0 Å². The van der Waals surface area contributed by atoms with Crippen molar-refractivity contribution in [2.45, 2.75) is 38.3 Å². The molecule has 22 heavy (non-hydrogen) atoms. The maximum Gasteiger partial charge on any atom is 0.107 e. The molecule has 0 unspecified atom stereocenters. The Bertz CT molecular complexity index is 605.